The average molecular weight is 415 g/mol. The molecule has 0 N–H and O–H groups in total. The summed E-state index contributed by atoms with van der Waals surface area (Å²) in [6.45, 7) is 12.7. The highest BCUT2D eigenvalue weighted by molar-refractivity contribution is 5.92. The summed E-state index contributed by atoms with van der Waals surface area (Å²) in [5.74, 6) is 2.01. The molecule has 5 heteroatoms. The van der Waals surface area contributed by atoms with E-state index in [1.54, 1.807) is 13.0 Å². The average Bonchev–Trinajstić information content (AvgIpc) is 3.06. The van der Waals surface area contributed by atoms with E-state index in [9.17, 15) is 14.4 Å². The monoisotopic (exact) mass is 414 g/mol. The Labute approximate surface area is 181 Å². The van der Waals surface area contributed by atoms with E-state index in [1.165, 1.54) is 0 Å². The molecule has 30 heavy (non-hydrogen) atoms. The van der Waals surface area contributed by atoms with Crippen molar-refractivity contribution in [1.82, 2.24) is 9.80 Å². The smallest absolute Gasteiger partial charge is 0.226 e. The van der Waals surface area contributed by atoms with Crippen LogP contribution in [0.2, 0.25) is 0 Å². The highest BCUT2D eigenvalue weighted by Crippen LogP contribution is 2.65. The number of carbonyl (C=O) groups excluding carboxylic acids is 3. The highest BCUT2D eigenvalue weighted by atomic mass is 16.2. The summed E-state index contributed by atoms with van der Waals surface area (Å²) in [7, 11) is 0. The maximum Gasteiger partial charge on any atom is 0.226 e. The van der Waals surface area contributed by atoms with Gasteiger partial charge in [0.05, 0.1) is 0 Å². The van der Waals surface area contributed by atoms with Gasteiger partial charge >= 0.3 is 0 Å². The van der Waals surface area contributed by atoms with Gasteiger partial charge in [-0.2, -0.15) is 0 Å². The van der Waals surface area contributed by atoms with Crippen LogP contribution >= 0.6 is 0 Å². The van der Waals surface area contributed by atoms with Gasteiger partial charge in [0.25, 0.3) is 0 Å². The summed E-state index contributed by atoms with van der Waals surface area (Å²) in [4.78, 5) is 42.1. The Morgan fingerprint density at radius 3 is 2.43 bits per heavy atom. The zero-order valence-electron chi connectivity index (χ0n) is 19.4. The van der Waals surface area contributed by atoms with Crippen molar-refractivity contribution in [2.75, 3.05) is 19.6 Å². The first-order valence-corrected chi connectivity index (χ1v) is 12.0. The number of rotatable bonds is 3. The number of likely N-dealkylation sites (tertiary alicyclic amines) is 1. The van der Waals surface area contributed by atoms with Gasteiger partial charge in [0.2, 0.25) is 11.8 Å². The molecule has 3 aliphatic carbocycles. The minimum atomic E-state index is -0.106. The Morgan fingerprint density at radius 1 is 1.10 bits per heavy atom. The molecule has 1 saturated heterocycles. The third kappa shape index (κ3) is 2.98. The van der Waals surface area contributed by atoms with Gasteiger partial charge in [-0.1, -0.05) is 13.8 Å². The minimum Gasteiger partial charge on any atom is -0.343 e. The number of allylic oxidation sites excluding steroid dienone is 2. The van der Waals surface area contributed by atoms with Gasteiger partial charge in [-0.05, 0) is 69.1 Å². The molecule has 1 aliphatic heterocycles. The van der Waals surface area contributed by atoms with E-state index in [0.717, 1.165) is 50.9 Å². The Hall–Kier alpha value is -1.65. The molecule has 0 aromatic heterocycles. The Bertz CT molecular complexity index is 785. The number of hydrogen-bond donors (Lipinski definition) is 0. The molecule has 5 nitrogen and oxygen atoms in total. The summed E-state index contributed by atoms with van der Waals surface area (Å²) in [5, 5.41) is 0. The van der Waals surface area contributed by atoms with Crippen molar-refractivity contribution in [3.05, 3.63) is 11.8 Å². The van der Waals surface area contributed by atoms with Gasteiger partial charge in [-0.15, -0.1) is 0 Å². The summed E-state index contributed by atoms with van der Waals surface area (Å²) in [6.07, 6.45) is 7.40. The van der Waals surface area contributed by atoms with Crippen LogP contribution in [-0.4, -0.2) is 47.0 Å². The molecule has 3 fully saturated rings. The van der Waals surface area contributed by atoms with Gasteiger partial charge < -0.3 is 9.80 Å². The predicted molar refractivity (Wildman–Crippen MR) is 116 cm³/mol. The zero-order chi connectivity index (χ0) is 21.8. The molecule has 0 aromatic rings. The van der Waals surface area contributed by atoms with Gasteiger partial charge in [0.15, 0.2) is 5.78 Å². The van der Waals surface area contributed by atoms with Gasteiger partial charge in [-0.25, -0.2) is 0 Å². The fourth-order valence-corrected chi connectivity index (χ4v) is 7.76. The fraction of sp³-hybridized carbons (Fsp3) is 0.800. The van der Waals surface area contributed by atoms with Crippen molar-refractivity contribution in [3.8, 4) is 0 Å². The summed E-state index contributed by atoms with van der Waals surface area (Å²) >= 11 is 0. The fourth-order valence-electron chi connectivity index (χ4n) is 7.76. The maximum absolute atomic E-state index is 13.3. The number of fused-ring (bicyclic) bond motifs is 5. The molecule has 1 unspecified atom stereocenters. The molecule has 166 valence electrons. The van der Waals surface area contributed by atoms with E-state index in [-0.39, 0.29) is 28.4 Å². The quantitative estimate of drug-likeness (QED) is 0.701. The molecule has 0 radical (unpaired) electrons. The van der Waals surface area contributed by atoms with E-state index in [1.807, 2.05) is 9.80 Å². The Morgan fingerprint density at radius 2 is 1.80 bits per heavy atom. The first kappa shape index (κ1) is 21.6. The van der Waals surface area contributed by atoms with Crippen LogP contribution in [0.3, 0.4) is 0 Å². The van der Waals surface area contributed by atoms with Gasteiger partial charge in [-0.3, -0.25) is 14.4 Å². The number of nitrogens with zero attached hydrogens (tertiary/aromatic N) is 2. The van der Waals surface area contributed by atoms with Crippen LogP contribution in [0.5, 0.6) is 0 Å². The number of ketones is 1. The van der Waals surface area contributed by atoms with Crippen LogP contribution in [0.15, 0.2) is 11.8 Å². The highest BCUT2D eigenvalue weighted by Gasteiger charge is 2.62. The van der Waals surface area contributed by atoms with Crippen molar-refractivity contribution in [2.24, 2.45) is 34.5 Å². The third-order valence-corrected chi connectivity index (χ3v) is 9.47. The normalized spacial score (nSPS) is 40.2. The molecule has 2 saturated carbocycles. The van der Waals surface area contributed by atoms with E-state index in [4.69, 9.17) is 0 Å². The van der Waals surface area contributed by atoms with Crippen LogP contribution in [0.4, 0.5) is 0 Å². The van der Waals surface area contributed by atoms with Crippen LogP contribution in [-0.2, 0) is 14.4 Å². The molecule has 4 aliphatic rings. The van der Waals surface area contributed by atoms with Gasteiger partial charge in [0.1, 0.15) is 0 Å². The maximum atomic E-state index is 13.3. The lowest BCUT2D eigenvalue weighted by Gasteiger charge is -2.60. The molecule has 0 aromatic carbocycles. The summed E-state index contributed by atoms with van der Waals surface area (Å²) in [5.41, 5.74) is 0.876. The van der Waals surface area contributed by atoms with Crippen LogP contribution in [0.25, 0.3) is 0 Å². The van der Waals surface area contributed by atoms with E-state index >= 15 is 0 Å². The minimum absolute atomic E-state index is 0.0192. The van der Waals surface area contributed by atoms with Crippen molar-refractivity contribution in [3.63, 3.8) is 0 Å². The number of hydrogen-bond acceptors (Lipinski definition) is 3. The van der Waals surface area contributed by atoms with Crippen LogP contribution in [0.1, 0.15) is 73.1 Å². The molecule has 2 amide bonds. The Kier molecular flexibility index (Phi) is 5.39. The lowest BCUT2D eigenvalue weighted by atomic mass is 9.49. The van der Waals surface area contributed by atoms with E-state index in [2.05, 4.69) is 27.7 Å². The molecule has 0 spiro atoms. The number of piperidine rings is 1. The second-order valence-corrected chi connectivity index (χ2v) is 10.6. The first-order chi connectivity index (χ1) is 14.2. The second kappa shape index (κ2) is 7.49. The number of carbonyl (C=O) groups is 3. The summed E-state index contributed by atoms with van der Waals surface area (Å²) < 4.78 is 0. The Balaban J connectivity index is 1.68. The summed E-state index contributed by atoms with van der Waals surface area (Å²) in [6, 6.07) is 0. The lowest BCUT2D eigenvalue weighted by molar-refractivity contribution is -0.147. The third-order valence-electron chi connectivity index (χ3n) is 9.47. The van der Waals surface area contributed by atoms with Crippen molar-refractivity contribution in [2.45, 2.75) is 73.1 Å². The van der Waals surface area contributed by atoms with Crippen molar-refractivity contribution >= 4 is 17.6 Å². The number of amides is 2. The van der Waals surface area contributed by atoms with Crippen LogP contribution < -0.4 is 0 Å². The molecule has 6 atom stereocenters. The zero-order valence-corrected chi connectivity index (χ0v) is 19.4. The first-order valence-electron chi connectivity index (χ1n) is 12.0. The predicted octanol–water partition coefficient (Wildman–Crippen LogP) is 4.03. The van der Waals surface area contributed by atoms with E-state index < -0.39 is 0 Å². The molecular weight excluding hydrogens is 376 g/mol. The van der Waals surface area contributed by atoms with Crippen LogP contribution in [0, 0.1) is 34.5 Å². The second-order valence-electron chi connectivity index (χ2n) is 10.6. The molecule has 1 heterocycles. The molecule has 4 rings (SSSR count). The SMILES string of the molecule is CCN(CC)C(=O)C1CC[C@H]2[C@@H]3CN(C(C)=O)C4=CC(=O)CC[C@]4(C)[C@H]3CC[C@]12C. The van der Waals surface area contributed by atoms with Gasteiger partial charge in [0, 0.05) is 56.1 Å². The van der Waals surface area contributed by atoms with E-state index in [0.29, 0.717) is 36.6 Å². The van der Waals surface area contributed by atoms with Crippen molar-refractivity contribution in [1.29, 1.82) is 0 Å². The largest absolute Gasteiger partial charge is 0.343 e. The standard InChI is InChI=1S/C25H38N2O3/c1-6-26(7-2)23(30)21-9-8-19-18-15-27(16(3)28)22-14-17(29)10-12-25(22,5)20(18)11-13-24(19,21)4/h14,18-21H,6-13,15H2,1-5H3/t18-,19-,20-,21?,24-,25+/m0/s1. The topological polar surface area (TPSA) is 57.7 Å². The van der Waals surface area contributed by atoms with Crippen molar-refractivity contribution < 1.29 is 14.4 Å². The molecule has 0 bridgehead atoms. The lowest BCUT2D eigenvalue weighted by Crippen LogP contribution is -2.59. The molecular formula is C25H38N2O3.